The molecule has 1 saturated carbocycles. The number of rotatable bonds is 13. The summed E-state index contributed by atoms with van der Waals surface area (Å²) >= 11 is 0. The number of benzene rings is 2. The molecule has 2 aliphatic heterocycles. The van der Waals surface area contributed by atoms with Gasteiger partial charge < -0.3 is 25.6 Å². The molecule has 0 bridgehead atoms. The van der Waals surface area contributed by atoms with E-state index in [2.05, 4.69) is 5.32 Å². The number of carbonyl (C=O) groups excluding carboxylic acids is 5. The molecule has 5 rings (SSSR count). The Balaban J connectivity index is 1.38. The van der Waals surface area contributed by atoms with Crippen molar-refractivity contribution in [1.29, 1.82) is 0 Å². The van der Waals surface area contributed by atoms with Crippen molar-refractivity contribution in [2.24, 2.45) is 17.6 Å². The molecule has 2 aromatic rings. The van der Waals surface area contributed by atoms with Gasteiger partial charge in [-0.15, -0.1) is 0 Å². The highest BCUT2D eigenvalue weighted by atomic mass is 16.2. The van der Waals surface area contributed by atoms with Crippen molar-refractivity contribution in [2.75, 3.05) is 31.1 Å². The summed E-state index contributed by atoms with van der Waals surface area (Å²) in [6.45, 7) is 6.58. The SMILES string of the molecule is CCC(=O)N(c1ccc(CN)cc1C)C1CC(NCCCN2CCCC2=O)CC(CCN2C(=O)c3ccccc3C2=O)C1C=O. The van der Waals surface area contributed by atoms with E-state index in [1.807, 2.05) is 36.9 Å². The van der Waals surface area contributed by atoms with Crippen LogP contribution >= 0.6 is 0 Å². The molecule has 0 radical (unpaired) electrons. The van der Waals surface area contributed by atoms with Crippen molar-refractivity contribution >= 4 is 35.6 Å². The lowest BCUT2D eigenvalue weighted by Crippen LogP contribution is -2.55. The molecule has 10 heteroatoms. The summed E-state index contributed by atoms with van der Waals surface area (Å²) in [6, 6.07) is 12.3. The first-order valence-electron chi connectivity index (χ1n) is 16.3. The number of likely N-dealkylation sites (tertiary alicyclic amines) is 1. The van der Waals surface area contributed by atoms with Gasteiger partial charge in [-0.2, -0.15) is 0 Å². The number of carbonyl (C=O) groups is 5. The first-order valence-corrected chi connectivity index (χ1v) is 16.3. The van der Waals surface area contributed by atoms with Gasteiger partial charge in [-0.25, -0.2) is 0 Å². The molecule has 10 nitrogen and oxygen atoms in total. The van der Waals surface area contributed by atoms with Crippen LogP contribution in [0.1, 0.15) is 83.7 Å². The third kappa shape index (κ3) is 6.87. The summed E-state index contributed by atoms with van der Waals surface area (Å²) in [7, 11) is 0. The van der Waals surface area contributed by atoms with Crippen LogP contribution < -0.4 is 16.0 Å². The molecule has 3 aliphatic rings. The second-order valence-corrected chi connectivity index (χ2v) is 12.5. The van der Waals surface area contributed by atoms with E-state index in [0.29, 0.717) is 56.4 Å². The first kappa shape index (κ1) is 32.5. The number of imide groups is 1. The predicted molar refractivity (Wildman–Crippen MR) is 172 cm³/mol. The number of hydrogen-bond donors (Lipinski definition) is 2. The van der Waals surface area contributed by atoms with Gasteiger partial charge in [0, 0.05) is 62.7 Å². The number of nitrogens with zero attached hydrogens (tertiary/aromatic N) is 3. The van der Waals surface area contributed by atoms with E-state index >= 15 is 0 Å². The second-order valence-electron chi connectivity index (χ2n) is 12.5. The predicted octanol–water partition coefficient (Wildman–Crippen LogP) is 3.45. The minimum absolute atomic E-state index is 0.00318. The zero-order valence-electron chi connectivity index (χ0n) is 26.4. The van der Waals surface area contributed by atoms with Gasteiger partial charge in [-0.1, -0.05) is 31.2 Å². The van der Waals surface area contributed by atoms with E-state index in [1.54, 1.807) is 29.2 Å². The maximum atomic E-state index is 13.6. The van der Waals surface area contributed by atoms with E-state index in [0.717, 1.165) is 42.5 Å². The number of nitrogens with one attached hydrogen (secondary N) is 1. The minimum atomic E-state index is -0.482. The van der Waals surface area contributed by atoms with Gasteiger partial charge in [0.15, 0.2) is 0 Å². The molecule has 240 valence electrons. The Morgan fingerprint density at radius 1 is 1.07 bits per heavy atom. The fraction of sp³-hybridized carbons (Fsp3) is 0.514. The average molecular weight is 616 g/mol. The van der Waals surface area contributed by atoms with Crippen LogP contribution in [-0.2, 0) is 20.9 Å². The molecule has 1 saturated heterocycles. The van der Waals surface area contributed by atoms with Gasteiger partial charge in [0.2, 0.25) is 11.8 Å². The second kappa shape index (κ2) is 14.5. The molecule has 4 unspecified atom stereocenters. The molecular formula is C35H45N5O5. The number of aryl methyl sites for hydroxylation is 1. The van der Waals surface area contributed by atoms with Crippen molar-refractivity contribution < 1.29 is 24.0 Å². The van der Waals surface area contributed by atoms with Gasteiger partial charge in [0.1, 0.15) is 6.29 Å². The zero-order chi connectivity index (χ0) is 32.1. The standard InChI is InChI=1S/C35H45N5O5/c1-3-32(42)40(30-12-11-24(21-36)18-23(30)2)31-20-26(37-14-7-16-38-15-6-10-33(38)43)19-25(29(31)22-41)13-17-39-34(44)27-8-4-5-9-28(27)35(39)45/h4-5,8-9,11-12,18,22,25-26,29,31,37H,3,6-7,10,13-17,19-21,36H2,1-2H3. The van der Waals surface area contributed by atoms with Gasteiger partial charge in [-0.05, 0) is 80.8 Å². The highest BCUT2D eigenvalue weighted by molar-refractivity contribution is 6.21. The van der Waals surface area contributed by atoms with Crippen molar-refractivity contribution in [3.05, 3.63) is 64.7 Å². The number of nitrogens with two attached hydrogens (primary N) is 1. The van der Waals surface area contributed by atoms with Crippen LogP contribution in [0.4, 0.5) is 5.69 Å². The largest absolute Gasteiger partial charge is 0.343 e. The Labute approximate surface area is 265 Å². The van der Waals surface area contributed by atoms with Gasteiger partial charge in [0.25, 0.3) is 11.8 Å². The zero-order valence-corrected chi connectivity index (χ0v) is 26.4. The average Bonchev–Trinajstić information content (AvgIpc) is 3.57. The first-order chi connectivity index (χ1) is 21.8. The lowest BCUT2D eigenvalue weighted by Gasteiger charge is -2.45. The van der Waals surface area contributed by atoms with Crippen LogP contribution in [0.15, 0.2) is 42.5 Å². The van der Waals surface area contributed by atoms with Crippen LogP contribution in [0.25, 0.3) is 0 Å². The number of aldehydes is 1. The van der Waals surface area contributed by atoms with E-state index in [-0.39, 0.29) is 48.6 Å². The summed E-state index contributed by atoms with van der Waals surface area (Å²) in [4.78, 5) is 69.8. The minimum Gasteiger partial charge on any atom is -0.343 e. The maximum absolute atomic E-state index is 13.6. The third-order valence-electron chi connectivity index (χ3n) is 9.73. The van der Waals surface area contributed by atoms with Crippen LogP contribution in [0.5, 0.6) is 0 Å². The fourth-order valence-electron chi connectivity index (χ4n) is 7.37. The lowest BCUT2D eigenvalue weighted by atomic mass is 9.71. The smallest absolute Gasteiger partial charge is 0.261 e. The van der Waals surface area contributed by atoms with Crippen LogP contribution in [-0.4, -0.2) is 78.0 Å². The molecule has 2 heterocycles. The summed E-state index contributed by atoms with van der Waals surface area (Å²) < 4.78 is 0. The molecule has 4 atom stereocenters. The Bertz CT molecular complexity index is 1410. The number of hydrogen-bond acceptors (Lipinski definition) is 7. The molecule has 2 fully saturated rings. The van der Waals surface area contributed by atoms with Gasteiger partial charge in [0.05, 0.1) is 11.1 Å². The number of anilines is 1. The van der Waals surface area contributed by atoms with Crippen molar-refractivity contribution in [2.45, 2.75) is 77.4 Å². The highest BCUT2D eigenvalue weighted by Crippen LogP contribution is 2.39. The molecule has 1 aliphatic carbocycles. The fourth-order valence-corrected chi connectivity index (χ4v) is 7.37. The van der Waals surface area contributed by atoms with Gasteiger partial charge >= 0.3 is 0 Å². The van der Waals surface area contributed by atoms with Crippen molar-refractivity contribution in [3.63, 3.8) is 0 Å². The topological polar surface area (TPSA) is 133 Å². The third-order valence-corrected chi connectivity index (χ3v) is 9.73. The van der Waals surface area contributed by atoms with E-state index < -0.39 is 12.0 Å². The number of fused-ring (bicyclic) bond motifs is 1. The van der Waals surface area contributed by atoms with Crippen molar-refractivity contribution in [1.82, 2.24) is 15.1 Å². The lowest BCUT2D eigenvalue weighted by molar-refractivity contribution is -0.127. The monoisotopic (exact) mass is 615 g/mol. The Morgan fingerprint density at radius 2 is 1.80 bits per heavy atom. The molecule has 0 spiro atoms. The molecule has 45 heavy (non-hydrogen) atoms. The molecular weight excluding hydrogens is 570 g/mol. The summed E-state index contributed by atoms with van der Waals surface area (Å²) in [6.07, 6.45) is 5.28. The Hall–Kier alpha value is -3.89. The van der Waals surface area contributed by atoms with E-state index in [1.165, 1.54) is 4.90 Å². The van der Waals surface area contributed by atoms with Crippen LogP contribution in [0.2, 0.25) is 0 Å². The van der Waals surface area contributed by atoms with Gasteiger partial charge in [-0.3, -0.25) is 24.1 Å². The van der Waals surface area contributed by atoms with E-state index in [9.17, 15) is 24.0 Å². The quantitative estimate of drug-likeness (QED) is 0.200. The molecule has 0 aromatic heterocycles. The Kier molecular flexibility index (Phi) is 10.5. The van der Waals surface area contributed by atoms with Crippen LogP contribution in [0, 0.1) is 18.8 Å². The van der Waals surface area contributed by atoms with Crippen molar-refractivity contribution in [3.8, 4) is 0 Å². The normalized spacial score (nSPS) is 23.0. The highest BCUT2D eigenvalue weighted by Gasteiger charge is 2.44. The summed E-state index contributed by atoms with van der Waals surface area (Å²) in [5.41, 5.74) is 9.34. The summed E-state index contributed by atoms with van der Waals surface area (Å²) in [5.74, 6) is -1.13. The molecule has 3 N–H and O–H groups in total. The maximum Gasteiger partial charge on any atom is 0.261 e. The van der Waals surface area contributed by atoms with E-state index in [4.69, 9.17) is 5.73 Å². The number of amides is 4. The Morgan fingerprint density at radius 3 is 2.40 bits per heavy atom. The van der Waals surface area contributed by atoms with Crippen LogP contribution in [0.3, 0.4) is 0 Å². The summed E-state index contributed by atoms with van der Waals surface area (Å²) in [5, 5.41) is 3.66. The molecule has 2 aromatic carbocycles. The molecule has 4 amide bonds.